The number of esters is 1. The molecule has 4 heteroatoms. The molecule has 1 aliphatic carbocycles. The maximum Gasteiger partial charge on any atom is 0.341 e. The van der Waals surface area contributed by atoms with E-state index < -0.39 is 0 Å². The molecule has 21 heavy (non-hydrogen) atoms. The predicted octanol–water partition coefficient (Wildman–Crippen LogP) is 3.29. The molecule has 1 aliphatic rings. The molecule has 0 unspecified atom stereocenters. The highest BCUT2D eigenvalue weighted by Gasteiger charge is 2.32. The molecule has 3 rings (SSSR count). The summed E-state index contributed by atoms with van der Waals surface area (Å²) in [6.45, 7) is 5.03. The standard InChI is InChI=1S/C17H20N2O2/c1-3-21-17(20)15-10-18-19(16(15)13-8-9-13)11-14-7-5-4-6-12(14)2/h4-7,10,13H,3,8-9,11H2,1-2H3. The average molecular weight is 284 g/mol. The van der Waals surface area contributed by atoms with Crippen LogP contribution in [-0.2, 0) is 11.3 Å². The van der Waals surface area contributed by atoms with Crippen molar-refractivity contribution in [1.29, 1.82) is 0 Å². The first-order valence-electron chi connectivity index (χ1n) is 7.48. The summed E-state index contributed by atoms with van der Waals surface area (Å²) in [5.74, 6) is 0.200. The van der Waals surface area contributed by atoms with Crippen molar-refractivity contribution in [1.82, 2.24) is 9.78 Å². The maximum absolute atomic E-state index is 12.1. The summed E-state index contributed by atoms with van der Waals surface area (Å²) in [7, 11) is 0. The molecule has 1 fully saturated rings. The van der Waals surface area contributed by atoms with Gasteiger partial charge in [-0.15, -0.1) is 0 Å². The topological polar surface area (TPSA) is 44.1 Å². The van der Waals surface area contributed by atoms with Crippen molar-refractivity contribution < 1.29 is 9.53 Å². The van der Waals surface area contributed by atoms with Gasteiger partial charge in [0.05, 0.1) is 25.0 Å². The minimum atomic E-state index is -0.254. The van der Waals surface area contributed by atoms with Crippen LogP contribution in [0.4, 0.5) is 0 Å². The van der Waals surface area contributed by atoms with Crippen molar-refractivity contribution in [3.05, 3.63) is 52.8 Å². The highest BCUT2D eigenvalue weighted by atomic mass is 16.5. The molecular formula is C17H20N2O2. The van der Waals surface area contributed by atoms with Crippen LogP contribution in [0.3, 0.4) is 0 Å². The van der Waals surface area contributed by atoms with E-state index in [1.165, 1.54) is 11.1 Å². The van der Waals surface area contributed by atoms with Crippen LogP contribution >= 0.6 is 0 Å². The number of benzene rings is 1. The molecule has 110 valence electrons. The Hall–Kier alpha value is -2.10. The number of nitrogens with zero attached hydrogens (tertiary/aromatic N) is 2. The smallest absolute Gasteiger partial charge is 0.341 e. The van der Waals surface area contributed by atoms with Crippen molar-refractivity contribution >= 4 is 5.97 Å². The lowest BCUT2D eigenvalue weighted by molar-refractivity contribution is 0.0525. The number of aromatic nitrogens is 2. The van der Waals surface area contributed by atoms with E-state index in [0.717, 1.165) is 18.5 Å². The minimum absolute atomic E-state index is 0.254. The van der Waals surface area contributed by atoms with Crippen LogP contribution in [0, 0.1) is 6.92 Å². The first-order chi connectivity index (χ1) is 10.2. The molecular weight excluding hydrogens is 264 g/mol. The highest BCUT2D eigenvalue weighted by molar-refractivity contribution is 5.90. The van der Waals surface area contributed by atoms with Gasteiger partial charge in [-0.25, -0.2) is 4.79 Å². The molecule has 1 aromatic heterocycles. The lowest BCUT2D eigenvalue weighted by Gasteiger charge is -2.10. The minimum Gasteiger partial charge on any atom is -0.462 e. The summed E-state index contributed by atoms with van der Waals surface area (Å²) in [5.41, 5.74) is 4.15. The van der Waals surface area contributed by atoms with Gasteiger partial charge < -0.3 is 4.74 Å². The molecule has 0 bridgehead atoms. The van der Waals surface area contributed by atoms with E-state index in [1.54, 1.807) is 6.20 Å². The molecule has 0 radical (unpaired) electrons. The van der Waals surface area contributed by atoms with Gasteiger partial charge in [-0.3, -0.25) is 4.68 Å². The Labute approximate surface area is 124 Å². The zero-order valence-electron chi connectivity index (χ0n) is 12.5. The van der Waals surface area contributed by atoms with Gasteiger partial charge >= 0.3 is 5.97 Å². The van der Waals surface area contributed by atoms with E-state index in [4.69, 9.17) is 4.74 Å². The van der Waals surface area contributed by atoms with Gasteiger partial charge in [0.15, 0.2) is 0 Å². The molecule has 4 nitrogen and oxygen atoms in total. The Balaban J connectivity index is 1.92. The number of hydrogen-bond acceptors (Lipinski definition) is 3. The third-order valence-electron chi connectivity index (χ3n) is 3.92. The second-order valence-electron chi connectivity index (χ2n) is 5.52. The van der Waals surface area contributed by atoms with Crippen molar-refractivity contribution in [2.24, 2.45) is 0 Å². The molecule has 0 spiro atoms. The number of rotatable bonds is 5. The van der Waals surface area contributed by atoms with Crippen LogP contribution in [0.15, 0.2) is 30.5 Å². The largest absolute Gasteiger partial charge is 0.462 e. The second kappa shape index (κ2) is 5.72. The fourth-order valence-corrected chi connectivity index (χ4v) is 2.62. The summed E-state index contributed by atoms with van der Waals surface area (Å²) < 4.78 is 7.11. The summed E-state index contributed by atoms with van der Waals surface area (Å²) in [6, 6.07) is 8.28. The van der Waals surface area contributed by atoms with Crippen molar-refractivity contribution in [2.75, 3.05) is 6.61 Å². The van der Waals surface area contributed by atoms with Gasteiger partial charge in [-0.2, -0.15) is 5.10 Å². The Kier molecular flexibility index (Phi) is 3.78. The summed E-state index contributed by atoms with van der Waals surface area (Å²) in [6.07, 6.45) is 3.92. The van der Waals surface area contributed by atoms with E-state index in [-0.39, 0.29) is 5.97 Å². The molecule has 1 saturated carbocycles. The summed E-state index contributed by atoms with van der Waals surface area (Å²) in [4.78, 5) is 12.1. The number of carbonyl (C=O) groups excluding carboxylic acids is 1. The van der Waals surface area contributed by atoms with Crippen molar-refractivity contribution in [3.8, 4) is 0 Å². The molecule has 1 aromatic carbocycles. The van der Waals surface area contributed by atoms with Gasteiger partial charge in [0.2, 0.25) is 0 Å². The van der Waals surface area contributed by atoms with Crippen LogP contribution in [0.25, 0.3) is 0 Å². The zero-order chi connectivity index (χ0) is 14.8. The highest BCUT2D eigenvalue weighted by Crippen LogP contribution is 2.42. The van der Waals surface area contributed by atoms with E-state index in [9.17, 15) is 4.79 Å². The van der Waals surface area contributed by atoms with Gasteiger partial charge in [0.1, 0.15) is 5.56 Å². The first kappa shape index (κ1) is 13.9. The van der Waals surface area contributed by atoms with Crippen LogP contribution in [0.1, 0.15) is 52.9 Å². The quantitative estimate of drug-likeness (QED) is 0.791. The number of aryl methyl sites for hydroxylation is 1. The van der Waals surface area contributed by atoms with Crippen molar-refractivity contribution in [3.63, 3.8) is 0 Å². The molecule has 0 atom stereocenters. The zero-order valence-corrected chi connectivity index (χ0v) is 12.5. The molecule has 0 aliphatic heterocycles. The fraction of sp³-hybridized carbons (Fsp3) is 0.412. The second-order valence-corrected chi connectivity index (χ2v) is 5.52. The lowest BCUT2D eigenvalue weighted by atomic mass is 10.1. The van der Waals surface area contributed by atoms with Gasteiger partial charge in [-0.05, 0) is 37.8 Å². The van der Waals surface area contributed by atoms with E-state index >= 15 is 0 Å². The van der Waals surface area contributed by atoms with Crippen LogP contribution in [0.5, 0.6) is 0 Å². The number of carbonyl (C=O) groups is 1. The molecule has 1 heterocycles. The Morgan fingerprint density at radius 1 is 1.38 bits per heavy atom. The predicted molar refractivity (Wildman–Crippen MR) is 80.4 cm³/mol. The molecule has 0 amide bonds. The maximum atomic E-state index is 12.1. The van der Waals surface area contributed by atoms with Crippen LogP contribution in [0.2, 0.25) is 0 Å². The van der Waals surface area contributed by atoms with Gasteiger partial charge in [0.25, 0.3) is 0 Å². The van der Waals surface area contributed by atoms with E-state index in [2.05, 4.69) is 24.2 Å². The Morgan fingerprint density at radius 3 is 2.81 bits per heavy atom. The Bertz CT molecular complexity index is 657. The summed E-state index contributed by atoms with van der Waals surface area (Å²) in [5, 5.41) is 4.43. The first-order valence-corrected chi connectivity index (χ1v) is 7.48. The van der Waals surface area contributed by atoms with E-state index in [0.29, 0.717) is 24.6 Å². The lowest BCUT2D eigenvalue weighted by Crippen LogP contribution is -2.11. The normalized spacial score (nSPS) is 14.2. The van der Waals surface area contributed by atoms with Gasteiger partial charge in [0, 0.05) is 5.92 Å². The van der Waals surface area contributed by atoms with Gasteiger partial charge in [-0.1, -0.05) is 24.3 Å². The Morgan fingerprint density at radius 2 is 2.14 bits per heavy atom. The fourth-order valence-electron chi connectivity index (χ4n) is 2.62. The van der Waals surface area contributed by atoms with E-state index in [1.807, 2.05) is 23.7 Å². The number of hydrogen-bond donors (Lipinski definition) is 0. The third kappa shape index (κ3) is 2.84. The number of ether oxygens (including phenoxy) is 1. The SMILES string of the molecule is CCOC(=O)c1cnn(Cc2ccccc2C)c1C1CC1. The molecule has 0 saturated heterocycles. The third-order valence-corrected chi connectivity index (χ3v) is 3.92. The molecule has 2 aromatic rings. The average Bonchev–Trinajstić information content (AvgIpc) is 3.22. The van der Waals surface area contributed by atoms with Crippen LogP contribution < -0.4 is 0 Å². The summed E-state index contributed by atoms with van der Waals surface area (Å²) >= 11 is 0. The van der Waals surface area contributed by atoms with Crippen LogP contribution in [-0.4, -0.2) is 22.4 Å². The monoisotopic (exact) mass is 284 g/mol. The molecule has 0 N–H and O–H groups in total. The van der Waals surface area contributed by atoms with Crippen molar-refractivity contribution in [2.45, 2.75) is 39.2 Å².